The van der Waals surface area contributed by atoms with Gasteiger partial charge in [0, 0.05) is 25.9 Å². The Labute approximate surface area is 146 Å². The van der Waals surface area contributed by atoms with Crippen molar-refractivity contribution in [3.8, 4) is 5.75 Å². The van der Waals surface area contributed by atoms with Crippen molar-refractivity contribution in [3.63, 3.8) is 0 Å². The minimum Gasteiger partial charge on any atom is -0.497 e. The summed E-state index contributed by atoms with van der Waals surface area (Å²) in [5.41, 5.74) is 0.756. The summed E-state index contributed by atoms with van der Waals surface area (Å²) in [6, 6.07) is 7.79. The van der Waals surface area contributed by atoms with Crippen LogP contribution in [0.15, 0.2) is 41.4 Å². The number of amides is 1. The van der Waals surface area contributed by atoms with Gasteiger partial charge in [-0.15, -0.1) is 0 Å². The Bertz CT molecular complexity index is 878. The number of hydrogen-bond donors (Lipinski definition) is 1. The zero-order valence-electron chi connectivity index (χ0n) is 14.0. The summed E-state index contributed by atoms with van der Waals surface area (Å²) in [5.74, 6) is 0.317. The van der Waals surface area contributed by atoms with Gasteiger partial charge in [-0.3, -0.25) is 9.48 Å². The van der Waals surface area contributed by atoms with E-state index >= 15 is 0 Å². The third kappa shape index (κ3) is 3.38. The van der Waals surface area contributed by atoms with Gasteiger partial charge < -0.3 is 10.1 Å². The zero-order chi connectivity index (χ0) is 18.0. The molecule has 3 rings (SSSR count). The SMILES string of the molecule is CNC(=O)C[C@H]1CN(S(=O)(=O)c2cccc(OC)c2)Cc2ccnn21. The first kappa shape index (κ1) is 17.4. The molecule has 0 aliphatic carbocycles. The number of nitrogens with one attached hydrogen (secondary N) is 1. The third-order valence-corrected chi connectivity index (χ3v) is 6.04. The minimum atomic E-state index is -3.71. The molecule has 2 heterocycles. The molecule has 1 N–H and O–H groups in total. The average Bonchev–Trinajstić information content (AvgIpc) is 3.10. The molecule has 2 aromatic rings. The molecule has 9 heteroatoms. The molecule has 0 bridgehead atoms. The van der Waals surface area contributed by atoms with E-state index < -0.39 is 10.0 Å². The van der Waals surface area contributed by atoms with Crippen LogP contribution < -0.4 is 10.1 Å². The molecule has 0 saturated heterocycles. The fraction of sp³-hybridized carbons (Fsp3) is 0.375. The normalized spacial score (nSPS) is 17.8. The monoisotopic (exact) mass is 364 g/mol. The third-order valence-electron chi connectivity index (χ3n) is 4.23. The molecule has 0 unspecified atom stereocenters. The number of rotatable bonds is 5. The van der Waals surface area contributed by atoms with Crippen molar-refractivity contribution in [1.82, 2.24) is 19.4 Å². The molecule has 1 aliphatic heterocycles. The summed E-state index contributed by atoms with van der Waals surface area (Å²) in [6.07, 6.45) is 1.78. The van der Waals surface area contributed by atoms with Gasteiger partial charge in [0.05, 0.1) is 36.7 Å². The second kappa shape index (κ2) is 6.85. The van der Waals surface area contributed by atoms with Crippen LogP contribution in [0.5, 0.6) is 5.75 Å². The summed E-state index contributed by atoms with van der Waals surface area (Å²) in [6.45, 7) is 0.394. The van der Waals surface area contributed by atoms with Gasteiger partial charge in [0.2, 0.25) is 15.9 Å². The lowest BCUT2D eigenvalue weighted by Gasteiger charge is -2.32. The van der Waals surface area contributed by atoms with E-state index in [-0.39, 0.29) is 36.4 Å². The Balaban J connectivity index is 1.93. The number of ether oxygens (including phenoxy) is 1. The van der Waals surface area contributed by atoms with Gasteiger partial charge in [-0.1, -0.05) is 6.07 Å². The summed E-state index contributed by atoms with van der Waals surface area (Å²) in [5, 5.41) is 6.81. The van der Waals surface area contributed by atoms with E-state index in [0.717, 1.165) is 5.69 Å². The molecule has 0 fully saturated rings. The van der Waals surface area contributed by atoms with Gasteiger partial charge in [-0.2, -0.15) is 9.40 Å². The van der Waals surface area contributed by atoms with Crippen LogP contribution in [-0.4, -0.2) is 49.1 Å². The van der Waals surface area contributed by atoms with Gasteiger partial charge in [-0.25, -0.2) is 8.42 Å². The Hall–Kier alpha value is -2.39. The van der Waals surface area contributed by atoms with Crippen molar-refractivity contribution >= 4 is 15.9 Å². The van der Waals surface area contributed by atoms with Crippen molar-refractivity contribution in [2.45, 2.75) is 23.9 Å². The summed E-state index contributed by atoms with van der Waals surface area (Å²) >= 11 is 0. The highest BCUT2D eigenvalue weighted by Gasteiger charge is 2.34. The van der Waals surface area contributed by atoms with E-state index in [4.69, 9.17) is 4.74 Å². The van der Waals surface area contributed by atoms with Crippen LogP contribution in [0.3, 0.4) is 0 Å². The number of carbonyl (C=O) groups excluding carboxylic acids is 1. The standard InChI is InChI=1S/C16H20N4O4S/c1-17-16(21)8-13-11-19(10-12-6-7-18-20(12)13)25(22,23)15-5-3-4-14(9-15)24-2/h3-7,9,13H,8,10-11H2,1-2H3,(H,17,21)/t13-/m0/s1. The number of fused-ring (bicyclic) bond motifs is 1. The molecule has 1 aromatic heterocycles. The topological polar surface area (TPSA) is 93.5 Å². The molecule has 0 spiro atoms. The van der Waals surface area contributed by atoms with Gasteiger partial charge in [-0.05, 0) is 18.2 Å². The number of hydrogen-bond acceptors (Lipinski definition) is 5. The first-order valence-electron chi connectivity index (χ1n) is 7.83. The highest BCUT2D eigenvalue weighted by molar-refractivity contribution is 7.89. The number of carbonyl (C=O) groups is 1. The number of sulfonamides is 1. The van der Waals surface area contributed by atoms with Crippen molar-refractivity contribution in [2.75, 3.05) is 20.7 Å². The summed E-state index contributed by atoms with van der Waals surface area (Å²) in [4.78, 5) is 12.0. The molecule has 1 aromatic carbocycles. The van der Waals surface area contributed by atoms with Crippen LogP contribution in [0.4, 0.5) is 0 Å². The van der Waals surface area contributed by atoms with E-state index in [1.165, 1.54) is 23.5 Å². The molecule has 1 aliphatic rings. The molecule has 0 radical (unpaired) electrons. The second-order valence-electron chi connectivity index (χ2n) is 5.77. The van der Waals surface area contributed by atoms with E-state index in [1.54, 1.807) is 36.1 Å². The molecule has 0 saturated carbocycles. The maximum atomic E-state index is 13.0. The summed E-state index contributed by atoms with van der Waals surface area (Å²) < 4.78 is 34.3. The Kier molecular flexibility index (Phi) is 4.78. The van der Waals surface area contributed by atoms with Crippen LogP contribution in [0.25, 0.3) is 0 Å². The lowest BCUT2D eigenvalue weighted by molar-refractivity contribution is -0.121. The second-order valence-corrected chi connectivity index (χ2v) is 7.71. The first-order chi connectivity index (χ1) is 12.0. The van der Waals surface area contributed by atoms with Crippen LogP contribution in [0.1, 0.15) is 18.2 Å². The molecular weight excluding hydrogens is 344 g/mol. The first-order valence-corrected chi connectivity index (χ1v) is 9.27. The van der Waals surface area contributed by atoms with Crippen LogP contribution >= 0.6 is 0 Å². The van der Waals surface area contributed by atoms with Crippen LogP contribution in [0.2, 0.25) is 0 Å². The molecule has 8 nitrogen and oxygen atoms in total. The predicted molar refractivity (Wildman–Crippen MR) is 90.5 cm³/mol. The molecule has 25 heavy (non-hydrogen) atoms. The Morgan fingerprint density at radius 1 is 1.40 bits per heavy atom. The van der Waals surface area contributed by atoms with Gasteiger partial charge in [0.1, 0.15) is 5.75 Å². The highest BCUT2D eigenvalue weighted by atomic mass is 32.2. The molecule has 1 amide bonds. The van der Waals surface area contributed by atoms with Gasteiger partial charge in [0.15, 0.2) is 0 Å². The quantitative estimate of drug-likeness (QED) is 0.846. The lowest BCUT2D eigenvalue weighted by Crippen LogP contribution is -2.42. The van der Waals surface area contributed by atoms with E-state index in [1.807, 2.05) is 0 Å². The average molecular weight is 364 g/mol. The number of methoxy groups -OCH3 is 1. The number of aromatic nitrogens is 2. The lowest BCUT2D eigenvalue weighted by atomic mass is 10.1. The maximum absolute atomic E-state index is 13.0. The number of benzene rings is 1. The molecule has 134 valence electrons. The van der Waals surface area contributed by atoms with Crippen molar-refractivity contribution in [3.05, 3.63) is 42.2 Å². The summed E-state index contributed by atoms with van der Waals surface area (Å²) in [7, 11) is -0.664. The smallest absolute Gasteiger partial charge is 0.243 e. The Morgan fingerprint density at radius 3 is 2.92 bits per heavy atom. The zero-order valence-corrected chi connectivity index (χ0v) is 14.9. The fourth-order valence-corrected chi connectivity index (χ4v) is 4.40. The highest BCUT2D eigenvalue weighted by Crippen LogP contribution is 2.29. The molecular formula is C16H20N4O4S. The van der Waals surface area contributed by atoms with Crippen LogP contribution in [-0.2, 0) is 21.4 Å². The Morgan fingerprint density at radius 2 is 2.20 bits per heavy atom. The maximum Gasteiger partial charge on any atom is 0.243 e. The van der Waals surface area contributed by atoms with Crippen molar-refractivity contribution < 1.29 is 17.9 Å². The van der Waals surface area contributed by atoms with Crippen molar-refractivity contribution in [1.29, 1.82) is 0 Å². The van der Waals surface area contributed by atoms with Gasteiger partial charge in [0.25, 0.3) is 0 Å². The fourth-order valence-electron chi connectivity index (χ4n) is 2.91. The number of nitrogens with zero attached hydrogens (tertiary/aromatic N) is 3. The predicted octanol–water partition coefficient (Wildman–Crippen LogP) is 0.773. The van der Waals surface area contributed by atoms with E-state index in [0.29, 0.717) is 5.75 Å². The molecule has 1 atom stereocenters. The largest absolute Gasteiger partial charge is 0.497 e. The van der Waals surface area contributed by atoms with E-state index in [9.17, 15) is 13.2 Å². The van der Waals surface area contributed by atoms with Crippen LogP contribution in [0, 0.1) is 0 Å². The minimum absolute atomic E-state index is 0.160. The van der Waals surface area contributed by atoms with Gasteiger partial charge >= 0.3 is 0 Å². The van der Waals surface area contributed by atoms with Crippen molar-refractivity contribution in [2.24, 2.45) is 0 Å². The van der Waals surface area contributed by atoms with E-state index in [2.05, 4.69) is 10.4 Å².